The summed E-state index contributed by atoms with van der Waals surface area (Å²) < 4.78 is 5.29. The van der Waals surface area contributed by atoms with Gasteiger partial charge in [0.2, 0.25) is 0 Å². The Morgan fingerprint density at radius 3 is 2.55 bits per heavy atom. The second-order valence-electron chi connectivity index (χ2n) is 4.70. The number of methoxy groups -OCH3 is 1. The van der Waals surface area contributed by atoms with Crippen LogP contribution in [0.5, 0.6) is 5.75 Å². The number of fused-ring (bicyclic) bond motifs is 1. The number of hydrogen-bond acceptors (Lipinski definition) is 3. The molecule has 4 nitrogen and oxygen atoms in total. The Hall–Kier alpha value is -2.22. The molecule has 1 aliphatic heterocycles. The highest BCUT2D eigenvalue weighted by atomic mass is 35.5. The molecule has 22 heavy (non-hydrogen) atoms. The van der Waals surface area contributed by atoms with E-state index in [0.29, 0.717) is 22.0 Å². The molecule has 2 aromatic carbocycles. The number of amides is 1. The van der Waals surface area contributed by atoms with Gasteiger partial charge in [0, 0.05) is 10.6 Å². The first-order valence-corrected chi connectivity index (χ1v) is 7.19. The highest BCUT2D eigenvalue weighted by Gasteiger charge is 2.42. The third-order valence-corrected chi connectivity index (χ3v) is 4.22. The van der Waals surface area contributed by atoms with Gasteiger partial charge in [-0.25, -0.2) is 0 Å². The van der Waals surface area contributed by atoms with E-state index in [2.05, 4.69) is 6.07 Å². The standard InChI is InChI=1S/C16H10Cl2N2O2/c1-22-13-5-3-2-4-11(13)20-12(8-19)14-9(17)6-7-10(18)15(14)16(20)21/h2-7,12H,1H3. The minimum atomic E-state index is -0.843. The molecular weight excluding hydrogens is 323 g/mol. The lowest BCUT2D eigenvalue weighted by Gasteiger charge is -2.22. The number of hydrogen-bond donors (Lipinski definition) is 0. The molecule has 6 heteroatoms. The molecule has 1 aliphatic rings. The Morgan fingerprint density at radius 2 is 1.86 bits per heavy atom. The Labute approximate surface area is 137 Å². The maximum absolute atomic E-state index is 12.8. The maximum atomic E-state index is 12.8. The normalized spacial score (nSPS) is 16.4. The van der Waals surface area contributed by atoms with Crippen molar-refractivity contribution >= 4 is 34.8 Å². The third-order valence-electron chi connectivity index (χ3n) is 3.57. The fraction of sp³-hybridized carbons (Fsp3) is 0.125. The first-order valence-electron chi connectivity index (χ1n) is 6.44. The van der Waals surface area contributed by atoms with Crippen LogP contribution in [-0.4, -0.2) is 13.0 Å². The van der Waals surface area contributed by atoms with Crippen LogP contribution in [0.3, 0.4) is 0 Å². The Balaban J connectivity index is 2.24. The summed E-state index contributed by atoms with van der Waals surface area (Å²) in [4.78, 5) is 14.1. The maximum Gasteiger partial charge on any atom is 0.261 e. The molecule has 0 bridgehead atoms. The molecule has 1 heterocycles. The predicted octanol–water partition coefficient (Wildman–Crippen LogP) is 4.23. The molecule has 110 valence electrons. The van der Waals surface area contributed by atoms with E-state index in [0.717, 1.165) is 0 Å². The average Bonchev–Trinajstić information content (AvgIpc) is 2.84. The van der Waals surface area contributed by atoms with Gasteiger partial charge in [-0.3, -0.25) is 9.69 Å². The van der Waals surface area contributed by atoms with E-state index >= 15 is 0 Å². The van der Waals surface area contributed by atoms with Gasteiger partial charge in [-0.2, -0.15) is 5.26 Å². The summed E-state index contributed by atoms with van der Waals surface area (Å²) in [6, 6.07) is 11.4. The minimum Gasteiger partial charge on any atom is -0.495 e. The summed E-state index contributed by atoms with van der Waals surface area (Å²) in [7, 11) is 1.51. The first-order chi connectivity index (χ1) is 10.6. The van der Waals surface area contributed by atoms with Gasteiger partial charge in [-0.15, -0.1) is 0 Å². The first kappa shape index (κ1) is 14.7. The number of carbonyl (C=O) groups is 1. The lowest BCUT2D eigenvalue weighted by Crippen LogP contribution is -2.27. The molecule has 0 aliphatic carbocycles. The minimum absolute atomic E-state index is 0.270. The molecule has 0 saturated carbocycles. The van der Waals surface area contributed by atoms with E-state index in [1.54, 1.807) is 36.4 Å². The monoisotopic (exact) mass is 332 g/mol. The van der Waals surface area contributed by atoms with Crippen LogP contribution in [0.25, 0.3) is 0 Å². The molecule has 1 unspecified atom stereocenters. The van der Waals surface area contributed by atoms with Crippen molar-refractivity contribution in [2.75, 3.05) is 12.0 Å². The van der Waals surface area contributed by atoms with Crippen molar-refractivity contribution in [1.82, 2.24) is 0 Å². The number of anilines is 1. The third kappa shape index (κ3) is 2.02. The van der Waals surface area contributed by atoms with Crippen molar-refractivity contribution in [1.29, 1.82) is 5.26 Å². The topological polar surface area (TPSA) is 53.3 Å². The van der Waals surface area contributed by atoms with Crippen LogP contribution in [-0.2, 0) is 0 Å². The van der Waals surface area contributed by atoms with Crippen molar-refractivity contribution in [2.24, 2.45) is 0 Å². The van der Waals surface area contributed by atoms with Gasteiger partial charge >= 0.3 is 0 Å². The van der Waals surface area contributed by atoms with E-state index in [-0.39, 0.29) is 16.5 Å². The molecule has 2 aromatic rings. The van der Waals surface area contributed by atoms with Crippen LogP contribution in [0.1, 0.15) is 22.0 Å². The lowest BCUT2D eigenvalue weighted by molar-refractivity contribution is 0.0994. The number of para-hydroxylation sites is 2. The zero-order valence-corrected chi connectivity index (χ0v) is 13.0. The quantitative estimate of drug-likeness (QED) is 0.826. The van der Waals surface area contributed by atoms with Crippen LogP contribution in [0, 0.1) is 11.3 Å². The van der Waals surface area contributed by atoms with E-state index in [1.807, 2.05) is 0 Å². The van der Waals surface area contributed by atoms with Gasteiger partial charge in [0.15, 0.2) is 6.04 Å². The number of rotatable bonds is 2. The van der Waals surface area contributed by atoms with E-state index in [9.17, 15) is 10.1 Å². The molecule has 0 saturated heterocycles. The van der Waals surface area contributed by atoms with Gasteiger partial charge in [-0.05, 0) is 24.3 Å². The van der Waals surface area contributed by atoms with E-state index < -0.39 is 6.04 Å². The fourth-order valence-corrected chi connectivity index (χ4v) is 3.13. The van der Waals surface area contributed by atoms with Crippen molar-refractivity contribution in [3.8, 4) is 11.8 Å². The van der Waals surface area contributed by atoms with Crippen LogP contribution in [0.15, 0.2) is 36.4 Å². The Bertz CT molecular complexity index is 814. The molecule has 0 N–H and O–H groups in total. The van der Waals surface area contributed by atoms with Crippen molar-refractivity contribution in [3.63, 3.8) is 0 Å². The number of ether oxygens (including phenoxy) is 1. The SMILES string of the molecule is COc1ccccc1N1C(=O)c2c(Cl)ccc(Cl)c2C1C#N. The Morgan fingerprint density at radius 1 is 1.18 bits per heavy atom. The summed E-state index contributed by atoms with van der Waals surface area (Å²) in [5, 5.41) is 10.2. The zero-order valence-electron chi connectivity index (χ0n) is 11.5. The van der Waals surface area contributed by atoms with Gasteiger partial charge in [-0.1, -0.05) is 35.3 Å². The summed E-state index contributed by atoms with van der Waals surface area (Å²) in [5.74, 6) is 0.134. The van der Waals surface area contributed by atoms with E-state index in [4.69, 9.17) is 27.9 Å². The van der Waals surface area contributed by atoms with Gasteiger partial charge in [0.1, 0.15) is 5.75 Å². The summed E-state index contributed by atoms with van der Waals surface area (Å²) in [6.45, 7) is 0. The molecular formula is C16H10Cl2N2O2. The number of benzene rings is 2. The molecule has 1 atom stereocenters. The zero-order chi connectivity index (χ0) is 15.9. The molecule has 1 amide bonds. The van der Waals surface area contributed by atoms with Crippen molar-refractivity contribution in [2.45, 2.75) is 6.04 Å². The second-order valence-corrected chi connectivity index (χ2v) is 5.51. The molecule has 0 aromatic heterocycles. The number of nitriles is 1. The molecule has 0 radical (unpaired) electrons. The van der Waals surface area contributed by atoms with Crippen LogP contribution in [0.2, 0.25) is 10.0 Å². The molecule has 3 rings (SSSR count). The smallest absolute Gasteiger partial charge is 0.261 e. The number of carbonyl (C=O) groups excluding carboxylic acids is 1. The second kappa shape index (κ2) is 5.53. The molecule has 0 fully saturated rings. The number of halogens is 2. The number of nitrogens with zero attached hydrogens (tertiary/aromatic N) is 2. The summed E-state index contributed by atoms with van der Waals surface area (Å²) in [6.07, 6.45) is 0. The highest BCUT2D eigenvalue weighted by Crippen LogP contribution is 2.45. The highest BCUT2D eigenvalue weighted by molar-refractivity contribution is 6.38. The van der Waals surface area contributed by atoms with Crippen molar-refractivity contribution in [3.05, 3.63) is 57.6 Å². The lowest BCUT2D eigenvalue weighted by atomic mass is 10.1. The van der Waals surface area contributed by atoms with Crippen LogP contribution in [0.4, 0.5) is 5.69 Å². The Kier molecular flexibility index (Phi) is 3.69. The van der Waals surface area contributed by atoms with Crippen molar-refractivity contribution < 1.29 is 9.53 Å². The van der Waals surface area contributed by atoms with Gasteiger partial charge in [0.25, 0.3) is 5.91 Å². The van der Waals surface area contributed by atoms with Crippen LogP contribution < -0.4 is 9.64 Å². The fourth-order valence-electron chi connectivity index (χ4n) is 2.62. The van der Waals surface area contributed by atoms with E-state index in [1.165, 1.54) is 12.0 Å². The molecule has 0 spiro atoms. The largest absolute Gasteiger partial charge is 0.495 e. The summed E-state index contributed by atoms with van der Waals surface area (Å²) in [5.41, 5.74) is 1.21. The summed E-state index contributed by atoms with van der Waals surface area (Å²) >= 11 is 12.3. The predicted molar refractivity (Wildman–Crippen MR) is 84.6 cm³/mol. The van der Waals surface area contributed by atoms with Gasteiger partial charge in [0.05, 0.1) is 29.5 Å². The van der Waals surface area contributed by atoms with Crippen LogP contribution >= 0.6 is 23.2 Å². The average molecular weight is 333 g/mol. The van der Waals surface area contributed by atoms with Gasteiger partial charge < -0.3 is 4.74 Å².